The second-order valence-electron chi connectivity index (χ2n) is 6.69. The lowest BCUT2D eigenvalue weighted by Crippen LogP contribution is -2.24. The number of nitrogens with two attached hydrogens (primary N) is 1. The predicted molar refractivity (Wildman–Crippen MR) is 118 cm³/mol. The van der Waals surface area contributed by atoms with Crippen molar-refractivity contribution in [3.05, 3.63) is 33.2 Å². The number of benzene rings is 1. The van der Waals surface area contributed by atoms with Crippen LogP contribution in [0.3, 0.4) is 0 Å². The number of fused-ring (bicyclic) bond motifs is 2. The van der Waals surface area contributed by atoms with Crippen LogP contribution in [0.4, 0.5) is 5.82 Å². The maximum atomic E-state index is 12.0. The summed E-state index contributed by atoms with van der Waals surface area (Å²) in [6.07, 6.45) is 5.31. The molecule has 3 aromatic rings. The molecule has 1 aliphatic carbocycles. The van der Waals surface area contributed by atoms with Crippen molar-refractivity contribution in [2.45, 2.75) is 49.2 Å². The predicted octanol–water partition coefficient (Wildman–Crippen LogP) is 3.18. The van der Waals surface area contributed by atoms with E-state index in [1.54, 1.807) is 11.8 Å². The van der Waals surface area contributed by atoms with Crippen molar-refractivity contribution in [3.63, 3.8) is 0 Å². The van der Waals surface area contributed by atoms with Gasteiger partial charge in [0, 0.05) is 28.0 Å². The van der Waals surface area contributed by atoms with Crippen LogP contribution in [0.25, 0.3) is 11.2 Å². The van der Waals surface area contributed by atoms with E-state index in [2.05, 4.69) is 50.0 Å². The monoisotopic (exact) mass is 508 g/mol. The van der Waals surface area contributed by atoms with E-state index in [9.17, 15) is 4.79 Å². The summed E-state index contributed by atoms with van der Waals surface area (Å²) in [4.78, 5) is 26.3. The van der Waals surface area contributed by atoms with Gasteiger partial charge in [-0.3, -0.25) is 4.79 Å². The molecule has 2 aromatic heterocycles. The van der Waals surface area contributed by atoms with Gasteiger partial charge < -0.3 is 15.6 Å². The number of hydrogen-bond acceptors (Lipinski definition) is 6. The Labute approximate surface area is 181 Å². The molecule has 1 aromatic carbocycles. The van der Waals surface area contributed by atoms with E-state index in [0.29, 0.717) is 36.5 Å². The number of hydrogen-bond donors (Lipinski definition) is 2. The highest BCUT2D eigenvalue weighted by atomic mass is 127. The number of nitrogen functional groups attached to an aromatic ring is 1. The summed E-state index contributed by atoms with van der Waals surface area (Å²) in [5, 5.41) is 3.62. The topological polar surface area (TPSA) is 98.7 Å². The molecule has 3 N–H and O–H groups in total. The van der Waals surface area contributed by atoms with Crippen LogP contribution < -0.4 is 11.1 Å². The number of halogens is 1. The number of imidazole rings is 1. The molecule has 0 spiro atoms. The zero-order valence-electron chi connectivity index (χ0n) is 15.5. The molecule has 1 amide bonds. The molecule has 0 radical (unpaired) electrons. The molecule has 0 unspecified atom stereocenters. The van der Waals surface area contributed by atoms with Crippen molar-refractivity contribution in [2.75, 3.05) is 12.3 Å². The molecular weight excluding hydrogens is 487 g/mol. The number of rotatable bonds is 6. The Morgan fingerprint density at radius 1 is 1.32 bits per heavy atom. The smallest absolute Gasteiger partial charge is 0.221 e. The van der Waals surface area contributed by atoms with Crippen LogP contribution in [0.15, 0.2) is 28.5 Å². The summed E-state index contributed by atoms with van der Waals surface area (Å²) in [5.74, 6) is 0.363. The minimum absolute atomic E-state index is 0.00874. The number of carbonyl (C=O) groups excluding carboxylic acids is 1. The second kappa shape index (κ2) is 8.24. The summed E-state index contributed by atoms with van der Waals surface area (Å²) in [6.45, 7) is 3.02. The molecule has 7 nitrogen and oxygen atoms in total. The molecule has 0 saturated heterocycles. The summed E-state index contributed by atoms with van der Waals surface area (Å²) in [6, 6.07) is 4.55. The van der Waals surface area contributed by atoms with Gasteiger partial charge in [-0.1, -0.05) is 11.8 Å². The third-order valence-electron chi connectivity index (χ3n) is 4.81. The number of aryl methyl sites for hydroxylation is 3. The highest BCUT2D eigenvalue weighted by Gasteiger charge is 2.19. The van der Waals surface area contributed by atoms with Crippen molar-refractivity contribution < 1.29 is 4.79 Å². The average Bonchev–Trinajstić information content (AvgIpc) is 3.25. The molecule has 146 valence electrons. The average molecular weight is 508 g/mol. The van der Waals surface area contributed by atoms with E-state index >= 15 is 0 Å². The third kappa shape index (κ3) is 3.82. The minimum atomic E-state index is 0.00874. The van der Waals surface area contributed by atoms with Gasteiger partial charge in [-0.2, -0.15) is 0 Å². The lowest BCUT2D eigenvalue weighted by Gasteiger charge is -2.10. The van der Waals surface area contributed by atoms with E-state index in [0.717, 1.165) is 18.0 Å². The maximum Gasteiger partial charge on any atom is 0.221 e. The summed E-state index contributed by atoms with van der Waals surface area (Å²) in [5.41, 5.74) is 10.1. The van der Waals surface area contributed by atoms with Crippen LogP contribution >= 0.6 is 34.4 Å². The zero-order chi connectivity index (χ0) is 19.7. The Hall–Kier alpha value is -1.88. The van der Waals surface area contributed by atoms with E-state index in [-0.39, 0.29) is 5.91 Å². The Morgan fingerprint density at radius 3 is 2.89 bits per heavy atom. The van der Waals surface area contributed by atoms with Gasteiger partial charge in [0.05, 0.1) is 0 Å². The first-order chi connectivity index (χ1) is 13.6. The van der Waals surface area contributed by atoms with Crippen molar-refractivity contribution in [1.29, 1.82) is 0 Å². The maximum absolute atomic E-state index is 12.0. The van der Waals surface area contributed by atoms with Crippen LogP contribution in [0.1, 0.15) is 30.9 Å². The van der Waals surface area contributed by atoms with Gasteiger partial charge >= 0.3 is 0 Å². The first-order valence-electron chi connectivity index (χ1n) is 9.29. The molecule has 2 heterocycles. The third-order valence-corrected chi connectivity index (χ3v) is 7.12. The lowest BCUT2D eigenvalue weighted by molar-refractivity contribution is -0.121. The first kappa shape index (κ1) is 19.4. The molecule has 0 fully saturated rings. The van der Waals surface area contributed by atoms with Crippen LogP contribution in [-0.4, -0.2) is 32.0 Å². The van der Waals surface area contributed by atoms with E-state index in [4.69, 9.17) is 10.7 Å². The normalized spacial score (nSPS) is 13.1. The molecule has 9 heteroatoms. The molecule has 0 bridgehead atoms. The highest BCUT2D eigenvalue weighted by Crippen LogP contribution is 2.37. The van der Waals surface area contributed by atoms with Gasteiger partial charge in [0.25, 0.3) is 0 Å². The number of carbonyl (C=O) groups is 1. The van der Waals surface area contributed by atoms with Gasteiger partial charge in [0.1, 0.15) is 6.33 Å². The summed E-state index contributed by atoms with van der Waals surface area (Å²) >= 11 is 3.98. The summed E-state index contributed by atoms with van der Waals surface area (Å²) < 4.78 is 3.18. The standard InChI is InChI=1S/C19H21IN6OS/c1-2-22-15(27)6-7-26-18-16(17(21)23-10-24-18)25-19(26)28-14-9-12-5-3-4-11(12)8-13(14)20/h8-10H,2-7H2,1H3,(H,22,27)(H2,21,23,24). The van der Waals surface area contributed by atoms with Crippen molar-refractivity contribution >= 4 is 57.2 Å². The van der Waals surface area contributed by atoms with Gasteiger partial charge in [-0.05, 0) is 72.0 Å². The Morgan fingerprint density at radius 2 is 2.11 bits per heavy atom. The Kier molecular flexibility index (Phi) is 5.72. The van der Waals surface area contributed by atoms with Crippen molar-refractivity contribution in [1.82, 2.24) is 24.8 Å². The number of nitrogens with zero attached hydrogens (tertiary/aromatic N) is 4. The van der Waals surface area contributed by atoms with E-state index in [1.165, 1.54) is 32.3 Å². The molecule has 4 rings (SSSR count). The van der Waals surface area contributed by atoms with Crippen molar-refractivity contribution in [2.24, 2.45) is 0 Å². The van der Waals surface area contributed by atoms with Gasteiger partial charge in [-0.15, -0.1) is 0 Å². The fourth-order valence-electron chi connectivity index (χ4n) is 3.46. The SMILES string of the molecule is CCNC(=O)CCn1c(Sc2cc3c(cc2I)CCC3)nc2c(N)ncnc21. The molecule has 0 saturated carbocycles. The first-order valence-corrected chi connectivity index (χ1v) is 11.2. The zero-order valence-corrected chi connectivity index (χ0v) is 18.5. The van der Waals surface area contributed by atoms with Gasteiger partial charge in [0.2, 0.25) is 5.91 Å². The Balaban J connectivity index is 1.71. The van der Waals surface area contributed by atoms with Gasteiger partial charge in [-0.25, -0.2) is 15.0 Å². The van der Waals surface area contributed by atoms with Crippen LogP contribution in [0.2, 0.25) is 0 Å². The van der Waals surface area contributed by atoms with E-state index in [1.807, 2.05) is 11.5 Å². The quantitative estimate of drug-likeness (QED) is 0.497. The summed E-state index contributed by atoms with van der Waals surface area (Å²) in [7, 11) is 0. The lowest BCUT2D eigenvalue weighted by atomic mass is 10.1. The molecule has 0 aliphatic heterocycles. The molecular formula is C19H21IN6OS. The largest absolute Gasteiger partial charge is 0.382 e. The second-order valence-corrected chi connectivity index (χ2v) is 8.86. The van der Waals surface area contributed by atoms with Crippen LogP contribution in [-0.2, 0) is 24.2 Å². The fourth-order valence-corrected chi connectivity index (χ4v) is 5.30. The van der Waals surface area contributed by atoms with E-state index < -0.39 is 0 Å². The number of aromatic nitrogens is 4. The number of anilines is 1. The number of nitrogens with one attached hydrogen (secondary N) is 1. The van der Waals surface area contributed by atoms with Crippen molar-refractivity contribution in [3.8, 4) is 0 Å². The van der Waals surface area contributed by atoms with Crippen LogP contribution in [0.5, 0.6) is 0 Å². The highest BCUT2D eigenvalue weighted by molar-refractivity contribution is 14.1. The molecule has 28 heavy (non-hydrogen) atoms. The number of amides is 1. The molecule has 1 aliphatic rings. The fraction of sp³-hybridized carbons (Fsp3) is 0.368. The Bertz CT molecular complexity index is 1050. The van der Waals surface area contributed by atoms with Gasteiger partial charge in [0.15, 0.2) is 22.1 Å². The van der Waals surface area contributed by atoms with Crippen LogP contribution in [0, 0.1) is 3.57 Å². The molecule has 0 atom stereocenters. The minimum Gasteiger partial charge on any atom is -0.382 e.